The molecule has 6 heteroatoms. The Morgan fingerprint density at radius 1 is 1.11 bits per heavy atom. The van der Waals surface area contributed by atoms with Crippen molar-refractivity contribution in [1.82, 2.24) is 4.90 Å². The van der Waals surface area contributed by atoms with E-state index in [1.807, 2.05) is 37.3 Å². The number of carbonyl (C=O) groups is 1. The van der Waals surface area contributed by atoms with Gasteiger partial charge in [-0.05, 0) is 29.2 Å². The van der Waals surface area contributed by atoms with Gasteiger partial charge in [0.2, 0.25) is 5.91 Å². The van der Waals surface area contributed by atoms with Gasteiger partial charge in [-0.3, -0.25) is 4.79 Å². The predicted octanol–water partition coefficient (Wildman–Crippen LogP) is 4.15. The van der Waals surface area contributed by atoms with Crippen molar-refractivity contribution in [3.05, 3.63) is 71.3 Å². The maximum absolute atomic E-state index is 12.7. The highest BCUT2D eigenvalue weighted by Crippen LogP contribution is 2.31. The maximum Gasteiger partial charge on any atom is 0.416 e. The third kappa shape index (κ3) is 4.50. The van der Waals surface area contributed by atoms with Crippen LogP contribution in [-0.4, -0.2) is 29.9 Å². The van der Waals surface area contributed by atoms with Crippen LogP contribution in [0.3, 0.4) is 0 Å². The summed E-state index contributed by atoms with van der Waals surface area (Å²) in [5.41, 5.74) is 7.40. The molecule has 1 aliphatic rings. The highest BCUT2D eigenvalue weighted by atomic mass is 19.4. The number of alkyl halides is 3. The Hall–Kier alpha value is -2.34. The number of hydrogen-bond acceptors (Lipinski definition) is 2. The fourth-order valence-electron chi connectivity index (χ4n) is 3.60. The van der Waals surface area contributed by atoms with Crippen molar-refractivity contribution in [2.75, 3.05) is 13.1 Å². The van der Waals surface area contributed by atoms with Gasteiger partial charge in [0, 0.05) is 31.5 Å². The van der Waals surface area contributed by atoms with Gasteiger partial charge in [0.25, 0.3) is 0 Å². The first-order valence-electron chi connectivity index (χ1n) is 9.01. The Balaban J connectivity index is 1.62. The minimum atomic E-state index is -4.35. The van der Waals surface area contributed by atoms with Crippen LogP contribution in [0.25, 0.3) is 0 Å². The Bertz CT molecular complexity index is 774. The molecule has 1 aliphatic heterocycles. The molecule has 1 saturated heterocycles. The molecule has 1 unspecified atom stereocenters. The highest BCUT2D eigenvalue weighted by molar-refractivity contribution is 5.77. The predicted molar refractivity (Wildman–Crippen MR) is 98.2 cm³/mol. The summed E-state index contributed by atoms with van der Waals surface area (Å²) in [5, 5.41) is 0. The third-order valence-corrected chi connectivity index (χ3v) is 5.23. The molecule has 0 aromatic heterocycles. The molecule has 0 spiro atoms. The number of amides is 1. The molecule has 2 N–H and O–H groups in total. The van der Waals surface area contributed by atoms with E-state index in [-0.39, 0.29) is 30.2 Å². The van der Waals surface area contributed by atoms with Crippen molar-refractivity contribution >= 4 is 5.91 Å². The number of nitrogens with two attached hydrogens (primary N) is 1. The zero-order valence-corrected chi connectivity index (χ0v) is 15.1. The van der Waals surface area contributed by atoms with Gasteiger partial charge in [0.05, 0.1) is 5.56 Å². The van der Waals surface area contributed by atoms with Crippen LogP contribution in [0.1, 0.15) is 41.9 Å². The Kier molecular flexibility index (Phi) is 5.56. The summed E-state index contributed by atoms with van der Waals surface area (Å²) in [7, 11) is 0. The quantitative estimate of drug-likeness (QED) is 0.871. The normalized spacial score (nSPS) is 21.3. The first-order chi connectivity index (χ1) is 12.8. The summed E-state index contributed by atoms with van der Waals surface area (Å²) in [6.07, 6.45) is -4.10. The van der Waals surface area contributed by atoms with Crippen LogP contribution in [0.15, 0.2) is 54.6 Å². The zero-order chi connectivity index (χ0) is 19.6. The van der Waals surface area contributed by atoms with E-state index in [1.54, 1.807) is 4.90 Å². The van der Waals surface area contributed by atoms with Crippen molar-refractivity contribution in [3.63, 3.8) is 0 Å². The molecule has 1 heterocycles. The largest absolute Gasteiger partial charge is 0.416 e. The van der Waals surface area contributed by atoms with Crippen LogP contribution in [0.2, 0.25) is 0 Å². The summed E-state index contributed by atoms with van der Waals surface area (Å²) in [4.78, 5) is 14.4. The SMILES string of the molecule is CC(CC(=O)N1C[C@@H](N)[C@H](c2ccccc2)C1)c1ccc(C(F)(F)F)cc1. The van der Waals surface area contributed by atoms with Crippen LogP contribution < -0.4 is 5.73 Å². The average molecular weight is 376 g/mol. The Morgan fingerprint density at radius 3 is 2.33 bits per heavy atom. The van der Waals surface area contributed by atoms with Gasteiger partial charge >= 0.3 is 6.18 Å². The maximum atomic E-state index is 12.7. The van der Waals surface area contributed by atoms with E-state index >= 15 is 0 Å². The van der Waals surface area contributed by atoms with Gasteiger partial charge in [0.1, 0.15) is 0 Å². The molecule has 0 saturated carbocycles. The van der Waals surface area contributed by atoms with Crippen molar-refractivity contribution in [3.8, 4) is 0 Å². The van der Waals surface area contributed by atoms with Gasteiger partial charge in [-0.25, -0.2) is 0 Å². The van der Waals surface area contributed by atoms with Gasteiger partial charge in [-0.1, -0.05) is 49.4 Å². The molecule has 1 fully saturated rings. The minimum absolute atomic E-state index is 0.0173. The molecule has 0 radical (unpaired) electrons. The van der Waals surface area contributed by atoms with Gasteiger partial charge in [-0.2, -0.15) is 13.2 Å². The standard InChI is InChI=1S/C21H23F3N2O/c1-14(15-7-9-17(10-8-15)21(22,23)24)11-20(27)26-12-18(19(25)13-26)16-5-3-2-4-6-16/h2-10,14,18-19H,11-13,25H2,1H3/t14?,18-,19+/m0/s1. The van der Waals surface area contributed by atoms with Crippen LogP contribution in [-0.2, 0) is 11.0 Å². The smallest absolute Gasteiger partial charge is 0.340 e. The first kappa shape index (κ1) is 19.4. The number of rotatable bonds is 4. The summed E-state index contributed by atoms with van der Waals surface area (Å²) in [6.45, 7) is 2.92. The molecule has 0 aliphatic carbocycles. The van der Waals surface area contributed by atoms with Crippen LogP contribution >= 0.6 is 0 Å². The molecule has 3 rings (SSSR count). The lowest BCUT2D eigenvalue weighted by atomic mass is 9.95. The van der Waals surface area contributed by atoms with E-state index in [0.29, 0.717) is 13.1 Å². The second-order valence-electron chi connectivity index (χ2n) is 7.20. The summed E-state index contributed by atoms with van der Waals surface area (Å²) >= 11 is 0. The zero-order valence-electron chi connectivity index (χ0n) is 15.1. The monoisotopic (exact) mass is 376 g/mol. The molecule has 144 valence electrons. The lowest BCUT2D eigenvalue weighted by molar-refractivity contribution is -0.137. The fraction of sp³-hybridized carbons (Fsp3) is 0.381. The van der Waals surface area contributed by atoms with Gasteiger partial charge in [-0.15, -0.1) is 0 Å². The number of likely N-dealkylation sites (tertiary alicyclic amines) is 1. The van der Waals surface area contributed by atoms with E-state index in [4.69, 9.17) is 5.73 Å². The average Bonchev–Trinajstić information content (AvgIpc) is 3.04. The Labute approximate surface area is 157 Å². The van der Waals surface area contributed by atoms with Crippen molar-refractivity contribution in [1.29, 1.82) is 0 Å². The van der Waals surface area contributed by atoms with E-state index in [1.165, 1.54) is 12.1 Å². The van der Waals surface area contributed by atoms with Crippen LogP contribution in [0, 0.1) is 0 Å². The van der Waals surface area contributed by atoms with Crippen molar-refractivity contribution in [2.24, 2.45) is 5.73 Å². The molecule has 1 amide bonds. The molecular formula is C21H23F3N2O. The van der Waals surface area contributed by atoms with Crippen molar-refractivity contribution in [2.45, 2.75) is 37.4 Å². The minimum Gasteiger partial charge on any atom is -0.340 e. The lowest BCUT2D eigenvalue weighted by Gasteiger charge is -2.20. The van der Waals surface area contributed by atoms with E-state index in [0.717, 1.165) is 23.3 Å². The summed E-state index contributed by atoms with van der Waals surface area (Å²) < 4.78 is 38.0. The van der Waals surface area contributed by atoms with E-state index in [2.05, 4.69) is 0 Å². The van der Waals surface area contributed by atoms with Gasteiger partial charge < -0.3 is 10.6 Å². The number of halogens is 3. The molecule has 27 heavy (non-hydrogen) atoms. The molecule has 3 nitrogen and oxygen atoms in total. The van der Waals surface area contributed by atoms with E-state index < -0.39 is 11.7 Å². The molecule has 2 aromatic rings. The molecule has 2 aromatic carbocycles. The van der Waals surface area contributed by atoms with Crippen LogP contribution in [0.5, 0.6) is 0 Å². The summed E-state index contributed by atoms with van der Waals surface area (Å²) in [6, 6.07) is 14.8. The summed E-state index contributed by atoms with van der Waals surface area (Å²) in [5.74, 6) is -0.0698. The second-order valence-corrected chi connectivity index (χ2v) is 7.20. The molecule has 3 atom stereocenters. The third-order valence-electron chi connectivity index (χ3n) is 5.23. The Morgan fingerprint density at radius 2 is 1.74 bits per heavy atom. The second kappa shape index (κ2) is 7.72. The van der Waals surface area contributed by atoms with Crippen LogP contribution in [0.4, 0.5) is 13.2 Å². The number of hydrogen-bond donors (Lipinski definition) is 1. The first-order valence-corrected chi connectivity index (χ1v) is 9.01. The molecule has 0 bridgehead atoms. The number of carbonyl (C=O) groups excluding carboxylic acids is 1. The van der Waals surface area contributed by atoms with E-state index in [9.17, 15) is 18.0 Å². The fourth-order valence-corrected chi connectivity index (χ4v) is 3.60. The lowest BCUT2D eigenvalue weighted by Crippen LogP contribution is -2.32. The molecular weight excluding hydrogens is 353 g/mol. The number of nitrogens with zero attached hydrogens (tertiary/aromatic N) is 1. The number of benzene rings is 2. The highest BCUT2D eigenvalue weighted by Gasteiger charge is 2.34. The topological polar surface area (TPSA) is 46.3 Å². The van der Waals surface area contributed by atoms with Gasteiger partial charge in [0.15, 0.2) is 0 Å². The van der Waals surface area contributed by atoms with Crippen molar-refractivity contribution < 1.29 is 18.0 Å².